The lowest BCUT2D eigenvalue weighted by Crippen LogP contribution is -2.45. The van der Waals surface area contributed by atoms with Crippen LogP contribution < -0.4 is 10.1 Å². The first-order chi connectivity index (χ1) is 8.76. The van der Waals surface area contributed by atoms with Crippen LogP contribution in [0.5, 0.6) is 5.75 Å². The molecule has 100 valence electrons. The summed E-state index contributed by atoms with van der Waals surface area (Å²) in [6, 6.07) is 0. The van der Waals surface area contributed by atoms with Gasteiger partial charge in [-0.2, -0.15) is 5.10 Å². The molecule has 0 aliphatic carbocycles. The molecule has 1 saturated heterocycles. The van der Waals surface area contributed by atoms with Gasteiger partial charge in [0.15, 0.2) is 11.5 Å². The molecule has 6 nitrogen and oxygen atoms in total. The van der Waals surface area contributed by atoms with Gasteiger partial charge in [0, 0.05) is 32.7 Å². The third-order valence-electron chi connectivity index (χ3n) is 3.17. The van der Waals surface area contributed by atoms with Gasteiger partial charge < -0.3 is 10.1 Å². The molecule has 1 aromatic rings. The Labute approximate surface area is 107 Å². The van der Waals surface area contributed by atoms with Gasteiger partial charge in [-0.05, 0) is 6.92 Å². The van der Waals surface area contributed by atoms with Gasteiger partial charge in [0.05, 0.1) is 19.9 Å². The van der Waals surface area contributed by atoms with Gasteiger partial charge in [-0.15, -0.1) is 0 Å². The molecule has 1 aliphatic rings. The minimum Gasteiger partial charge on any atom is -0.493 e. The highest BCUT2D eigenvalue weighted by molar-refractivity contribution is 5.98. The van der Waals surface area contributed by atoms with E-state index in [0.717, 1.165) is 26.2 Å². The molecule has 18 heavy (non-hydrogen) atoms. The van der Waals surface area contributed by atoms with Crippen LogP contribution in [0.3, 0.4) is 0 Å². The van der Waals surface area contributed by atoms with Crippen molar-refractivity contribution >= 4 is 5.78 Å². The number of Topliss-reactive ketones (excluding diaryl/α,β-unsaturated/α-hetero) is 1. The normalized spacial score (nSPS) is 16.8. The van der Waals surface area contributed by atoms with Crippen LogP contribution in [0.2, 0.25) is 0 Å². The Hall–Kier alpha value is -1.40. The SMILES string of the molecule is CCn1ncc(OC)c1C(=O)CN1CCNCC1. The zero-order valence-electron chi connectivity index (χ0n) is 11.0. The van der Waals surface area contributed by atoms with Gasteiger partial charge in [-0.1, -0.05) is 0 Å². The van der Waals surface area contributed by atoms with Gasteiger partial charge in [0.1, 0.15) is 5.69 Å². The van der Waals surface area contributed by atoms with Gasteiger partial charge in [-0.3, -0.25) is 14.4 Å². The molecule has 0 unspecified atom stereocenters. The number of nitrogens with one attached hydrogen (secondary N) is 1. The first kappa shape index (κ1) is 13.0. The summed E-state index contributed by atoms with van der Waals surface area (Å²) in [7, 11) is 1.57. The number of ether oxygens (including phenoxy) is 1. The van der Waals surface area contributed by atoms with Crippen molar-refractivity contribution in [2.24, 2.45) is 0 Å². The minimum absolute atomic E-state index is 0.0769. The van der Waals surface area contributed by atoms with E-state index in [-0.39, 0.29) is 5.78 Å². The molecular formula is C12H20N4O2. The highest BCUT2D eigenvalue weighted by Crippen LogP contribution is 2.18. The summed E-state index contributed by atoms with van der Waals surface area (Å²) >= 11 is 0. The lowest BCUT2D eigenvalue weighted by atomic mass is 10.2. The predicted molar refractivity (Wildman–Crippen MR) is 68.1 cm³/mol. The molecule has 0 saturated carbocycles. The number of hydrogen-bond donors (Lipinski definition) is 1. The van der Waals surface area contributed by atoms with E-state index in [2.05, 4.69) is 15.3 Å². The van der Waals surface area contributed by atoms with Gasteiger partial charge in [0.25, 0.3) is 0 Å². The standard InChI is InChI=1S/C12H20N4O2/c1-3-16-12(11(18-2)8-14-16)10(17)9-15-6-4-13-5-7-15/h8,13H,3-7,9H2,1-2H3. The van der Waals surface area contributed by atoms with Gasteiger partial charge >= 0.3 is 0 Å². The number of hydrogen-bond acceptors (Lipinski definition) is 5. The van der Waals surface area contributed by atoms with Gasteiger partial charge in [-0.25, -0.2) is 0 Å². The summed E-state index contributed by atoms with van der Waals surface area (Å²) in [6.45, 7) is 6.78. The Kier molecular flexibility index (Phi) is 4.33. The molecule has 2 rings (SSSR count). The van der Waals surface area contributed by atoms with Crippen LogP contribution in [0.1, 0.15) is 17.4 Å². The number of nitrogens with zero attached hydrogens (tertiary/aromatic N) is 3. The third-order valence-corrected chi connectivity index (χ3v) is 3.17. The highest BCUT2D eigenvalue weighted by atomic mass is 16.5. The molecule has 0 spiro atoms. The number of carbonyl (C=O) groups is 1. The largest absolute Gasteiger partial charge is 0.493 e. The Bertz CT molecular complexity index is 389. The van der Waals surface area contributed by atoms with Crippen molar-refractivity contribution in [1.82, 2.24) is 20.0 Å². The van der Waals surface area contributed by atoms with E-state index < -0.39 is 0 Å². The fourth-order valence-corrected chi connectivity index (χ4v) is 2.19. The number of piperazine rings is 1. The molecule has 0 aromatic carbocycles. The third kappa shape index (κ3) is 2.70. The molecule has 0 radical (unpaired) electrons. The van der Waals surface area contributed by atoms with Crippen LogP contribution in [0.25, 0.3) is 0 Å². The van der Waals surface area contributed by atoms with E-state index >= 15 is 0 Å². The van der Waals surface area contributed by atoms with E-state index in [9.17, 15) is 4.79 Å². The van der Waals surface area contributed by atoms with E-state index in [0.29, 0.717) is 24.5 Å². The average Bonchev–Trinajstić information content (AvgIpc) is 2.82. The van der Waals surface area contributed by atoms with Crippen molar-refractivity contribution in [1.29, 1.82) is 0 Å². The summed E-state index contributed by atoms with van der Waals surface area (Å²) in [4.78, 5) is 14.5. The fraction of sp³-hybridized carbons (Fsp3) is 0.667. The number of carbonyl (C=O) groups excluding carboxylic acids is 1. The first-order valence-electron chi connectivity index (χ1n) is 6.32. The van der Waals surface area contributed by atoms with Crippen molar-refractivity contribution in [3.8, 4) is 5.75 Å². The van der Waals surface area contributed by atoms with Crippen LogP contribution in [0.15, 0.2) is 6.20 Å². The smallest absolute Gasteiger partial charge is 0.198 e. The number of ketones is 1. The molecule has 0 bridgehead atoms. The number of aryl methyl sites for hydroxylation is 1. The van der Waals surface area contributed by atoms with Crippen LogP contribution in [-0.2, 0) is 6.54 Å². The summed E-state index contributed by atoms with van der Waals surface area (Å²) in [6.07, 6.45) is 1.61. The Morgan fingerprint density at radius 1 is 1.50 bits per heavy atom. The van der Waals surface area contributed by atoms with E-state index in [1.165, 1.54) is 0 Å². The summed E-state index contributed by atoms with van der Waals surface area (Å²) < 4.78 is 6.90. The number of rotatable bonds is 5. The molecule has 1 aliphatic heterocycles. The van der Waals surface area contributed by atoms with Crippen LogP contribution in [0.4, 0.5) is 0 Å². The zero-order valence-corrected chi connectivity index (χ0v) is 11.0. The number of aromatic nitrogens is 2. The van der Waals surface area contributed by atoms with E-state index in [4.69, 9.17) is 4.74 Å². The van der Waals surface area contributed by atoms with Crippen molar-refractivity contribution in [2.45, 2.75) is 13.5 Å². The van der Waals surface area contributed by atoms with E-state index in [1.807, 2.05) is 6.92 Å². The van der Waals surface area contributed by atoms with Crippen molar-refractivity contribution in [3.63, 3.8) is 0 Å². The van der Waals surface area contributed by atoms with E-state index in [1.54, 1.807) is 18.0 Å². The lowest BCUT2D eigenvalue weighted by molar-refractivity contribution is 0.0907. The second kappa shape index (κ2) is 5.97. The minimum atomic E-state index is 0.0769. The summed E-state index contributed by atoms with van der Waals surface area (Å²) in [5, 5.41) is 7.43. The monoisotopic (exact) mass is 252 g/mol. The van der Waals surface area contributed by atoms with Crippen LogP contribution in [0, 0.1) is 0 Å². The topological polar surface area (TPSA) is 59.4 Å². The molecular weight excluding hydrogens is 232 g/mol. The molecule has 1 fully saturated rings. The highest BCUT2D eigenvalue weighted by Gasteiger charge is 2.21. The van der Waals surface area contributed by atoms with Gasteiger partial charge in [0.2, 0.25) is 0 Å². The maximum atomic E-state index is 12.3. The molecule has 0 atom stereocenters. The Balaban J connectivity index is 2.09. The Morgan fingerprint density at radius 3 is 2.83 bits per heavy atom. The van der Waals surface area contributed by atoms with Crippen LogP contribution in [-0.4, -0.2) is 60.3 Å². The average molecular weight is 252 g/mol. The second-order valence-electron chi connectivity index (χ2n) is 4.33. The summed E-state index contributed by atoms with van der Waals surface area (Å²) in [5.41, 5.74) is 0.582. The van der Waals surface area contributed by atoms with Crippen molar-refractivity contribution < 1.29 is 9.53 Å². The molecule has 1 aromatic heterocycles. The molecule has 0 amide bonds. The maximum Gasteiger partial charge on any atom is 0.198 e. The number of methoxy groups -OCH3 is 1. The lowest BCUT2D eigenvalue weighted by Gasteiger charge is -2.26. The first-order valence-corrected chi connectivity index (χ1v) is 6.32. The van der Waals surface area contributed by atoms with Crippen molar-refractivity contribution in [2.75, 3.05) is 39.8 Å². The quantitative estimate of drug-likeness (QED) is 0.747. The molecule has 1 N–H and O–H groups in total. The van der Waals surface area contributed by atoms with Crippen LogP contribution >= 0.6 is 0 Å². The van der Waals surface area contributed by atoms with Crippen molar-refractivity contribution in [3.05, 3.63) is 11.9 Å². The molecule has 6 heteroatoms. The summed E-state index contributed by atoms with van der Waals surface area (Å²) in [5.74, 6) is 0.644. The predicted octanol–water partition coefficient (Wildman–Crippen LogP) is -0.000500. The Morgan fingerprint density at radius 2 is 2.22 bits per heavy atom. The fourth-order valence-electron chi connectivity index (χ4n) is 2.19. The maximum absolute atomic E-state index is 12.3. The molecule has 2 heterocycles. The second-order valence-corrected chi connectivity index (χ2v) is 4.33. The zero-order chi connectivity index (χ0) is 13.0.